The lowest BCUT2D eigenvalue weighted by Gasteiger charge is -2.31. The Kier molecular flexibility index (Phi) is 9.03. The van der Waals surface area contributed by atoms with Gasteiger partial charge in [0.1, 0.15) is 18.4 Å². The monoisotopic (exact) mass is 483 g/mol. The van der Waals surface area contributed by atoms with E-state index in [1.165, 1.54) is 41.3 Å². The highest BCUT2D eigenvalue weighted by atomic mass is 35.5. The first kappa shape index (κ1) is 25.6. The number of rotatable bonds is 10. The number of hydrogen-bond donors (Lipinski definition) is 1. The molecule has 0 aliphatic heterocycles. The van der Waals surface area contributed by atoms with Crippen molar-refractivity contribution in [1.29, 1.82) is 0 Å². The summed E-state index contributed by atoms with van der Waals surface area (Å²) in [5.74, 6) is -1.38. The Morgan fingerprint density at radius 1 is 1.16 bits per heavy atom. The Bertz CT molecular complexity index is 1050. The van der Waals surface area contributed by atoms with Crippen LogP contribution in [-0.4, -0.2) is 50.5 Å². The van der Waals surface area contributed by atoms with Crippen LogP contribution in [0.4, 0.5) is 10.1 Å². The second-order valence-electron chi connectivity index (χ2n) is 7.36. The fourth-order valence-electron chi connectivity index (χ4n) is 3.01. The number of nitrogens with one attached hydrogen (secondary N) is 1. The topological polar surface area (TPSA) is 86.8 Å². The number of nitrogens with zero attached hydrogens (tertiary/aromatic N) is 2. The van der Waals surface area contributed by atoms with Gasteiger partial charge in [-0.2, -0.15) is 0 Å². The summed E-state index contributed by atoms with van der Waals surface area (Å²) in [6.45, 7) is 3.40. The van der Waals surface area contributed by atoms with Crippen LogP contribution in [0.5, 0.6) is 0 Å². The number of sulfonamides is 1. The van der Waals surface area contributed by atoms with Gasteiger partial charge in [-0.3, -0.25) is 13.9 Å². The Hall–Kier alpha value is -2.65. The van der Waals surface area contributed by atoms with Crippen molar-refractivity contribution < 1.29 is 22.4 Å². The molecule has 0 aliphatic rings. The zero-order chi connectivity index (χ0) is 23.9. The molecule has 0 radical (unpaired) electrons. The first-order chi connectivity index (χ1) is 15.0. The van der Waals surface area contributed by atoms with E-state index in [1.807, 2.05) is 6.92 Å². The van der Waals surface area contributed by atoms with Gasteiger partial charge in [-0.15, -0.1) is 0 Å². The van der Waals surface area contributed by atoms with Gasteiger partial charge in [-0.05, 0) is 49.2 Å². The summed E-state index contributed by atoms with van der Waals surface area (Å²) in [6.07, 6.45) is 1.71. The zero-order valence-corrected chi connectivity index (χ0v) is 19.8. The standard InChI is InChI=1S/C22H27ClFN3O4S/c1-4-12-25-22(29)16(2)26(14-17-8-10-19(24)11-9-17)21(28)15-27(32(3,30)31)20-7-5-6-18(23)13-20/h5-11,13,16H,4,12,14-15H2,1-3H3,(H,25,29). The van der Waals surface area contributed by atoms with E-state index in [2.05, 4.69) is 5.32 Å². The molecule has 2 aromatic rings. The van der Waals surface area contributed by atoms with Crippen molar-refractivity contribution in [2.45, 2.75) is 32.9 Å². The molecule has 1 atom stereocenters. The minimum absolute atomic E-state index is 0.00692. The summed E-state index contributed by atoms with van der Waals surface area (Å²) >= 11 is 6.00. The van der Waals surface area contributed by atoms with Crippen molar-refractivity contribution in [3.05, 3.63) is 64.9 Å². The van der Waals surface area contributed by atoms with Crippen LogP contribution in [-0.2, 0) is 26.2 Å². The van der Waals surface area contributed by atoms with E-state index in [9.17, 15) is 22.4 Å². The maximum Gasteiger partial charge on any atom is 0.244 e. The van der Waals surface area contributed by atoms with Gasteiger partial charge in [-0.25, -0.2) is 12.8 Å². The third-order valence-corrected chi connectivity index (χ3v) is 6.13. The van der Waals surface area contributed by atoms with E-state index in [0.29, 0.717) is 17.1 Å². The Balaban J connectivity index is 2.35. The van der Waals surface area contributed by atoms with Crippen molar-refractivity contribution in [2.75, 3.05) is 23.7 Å². The summed E-state index contributed by atoms with van der Waals surface area (Å²) in [5, 5.41) is 3.06. The van der Waals surface area contributed by atoms with Crippen LogP contribution >= 0.6 is 11.6 Å². The van der Waals surface area contributed by atoms with Crippen LogP contribution in [0.2, 0.25) is 5.02 Å². The molecule has 0 saturated heterocycles. The summed E-state index contributed by atoms with van der Waals surface area (Å²) in [5.41, 5.74) is 0.835. The molecule has 0 bridgehead atoms. The highest BCUT2D eigenvalue weighted by Crippen LogP contribution is 2.22. The summed E-state index contributed by atoms with van der Waals surface area (Å²) < 4.78 is 39.1. The van der Waals surface area contributed by atoms with E-state index in [4.69, 9.17) is 11.6 Å². The lowest BCUT2D eigenvalue weighted by atomic mass is 10.1. The van der Waals surface area contributed by atoms with E-state index >= 15 is 0 Å². The highest BCUT2D eigenvalue weighted by molar-refractivity contribution is 7.92. The molecule has 0 aromatic heterocycles. The number of hydrogen-bond acceptors (Lipinski definition) is 4. The van der Waals surface area contributed by atoms with E-state index in [1.54, 1.807) is 19.1 Å². The van der Waals surface area contributed by atoms with Gasteiger partial charge in [0.15, 0.2) is 0 Å². The Labute approximate surface area is 193 Å². The molecular formula is C22H27ClFN3O4S. The predicted octanol–water partition coefficient (Wildman–Crippen LogP) is 3.19. The fourth-order valence-corrected chi connectivity index (χ4v) is 4.04. The van der Waals surface area contributed by atoms with Crippen molar-refractivity contribution in [3.8, 4) is 0 Å². The van der Waals surface area contributed by atoms with Gasteiger partial charge in [0.2, 0.25) is 21.8 Å². The van der Waals surface area contributed by atoms with Gasteiger partial charge in [-0.1, -0.05) is 36.7 Å². The maximum atomic E-state index is 13.3. The molecule has 0 heterocycles. The highest BCUT2D eigenvalue weighted by Gasteiger charge is 2.30. The number of halogens is 2. The SMILES string of the molecule is CCCNC(=O)C(C)N(Cc1ccc(F)cc1)C(=O)CN(c1cccc(Cl)c1)S(C)(=O)=O. The van der Waals surface area contributed by atoms with Gasteiger partial charge < -0.3 is 10.2 Å². The molecule has 0 fully saturated rings. The molecular weight excluding hydrogens is 457 g/mol. The van der Waals surface area contributed by atoms with Crippen LogP contribution in [0, 0.1) is 5.82 Å². The third kappa shape index (κ3) is 7.20. The molecule has 10 heteroatoms. The lowest BCUT2D eigenvalue weighted by molar-refractivity contribution is -0.139. The normalized spacial score (nSPS) is 12.2. The van der Waals surface area contributed by atoms with Gasteiger partial charge in [0.05, 0.1) is 11.9 Å². The van der Waals surface area contributed by atoms with Crippen LogP contribution in [0.3, 0.4) is 0 Å². The smallest absolute Gasteiger partial charge is 0.244 e. The second-order valence-corrected chi connectivity index (χ2v) is 9.71. The van der Waals surface area contributed by atoms with Crippen molar-refractivity contribution in [3.63, 3.8) is 0 Å². The molecule has 7 nitrogen and oxygen atoms in total. The van der Waals surface area contributed by atoms with Crippen LogP contribution in [0.15, 0.2) is 48.5 Å². The largest absolute Gasteiger partial charge is 0.354 e. The van der Waals surface area contributed by atoms with E-state index in [-0.39, 0.29) is 18.1 Å². The number of carbonyl (C=O) groups excluding carboxylic acids is 2. The molecule has 2 aromatic carbocycles. The van der Waals surface area contributed by atoms with Crippen LogP contribution in [0.25, 0.3) is 0 Å². The lowest BCUT2D eigenvalue weighted by Crippen LogP contribution is -2.51. The quantitative estimate of drug-likeness (QED) is 0.562. The first-order valence-electron chi connectivity index (χ1n) is 10.1. The molecule has 32 heavy (non-hydrogen) atoms. The molecule has 0 saturated carbocycles. The Morgan fingerprint density at radius 2 is 1.81 bits per heavy atom. The predicted molar refractivity (Wildman–Crippen MR) is 123 cm³/mol. The average molecular weight is 484 g/mol. The maximum absolute atomic E-state index is 13.3. The van der Waals surface area contributed by atoms with E-state index < -0.39 is 34.3 Å². The number of amides is 2. The molecule has 1 N–H and O–H groups in total. The van der Waals surface area contributed by atoms with Gasteiger partial charge in [0.25, 0.3) is 0 Å². The summed E-state index contributed by atoms with van der Waals surface area (Å²) in [7, 11) is -3.82. The van der Waals surface area contributed by atoms with Crippen molar-refractivity contribution in [2.24, 2.45) is 0 Å². The molecule has 2 rings (SSSR count). The van der Waals surface area contributed by atoms with Gasteiger partial charge >= 0.3 is 0 Å². The molecule has 174 valence electrons. The molecule has 0 aliphatic carbocycles. The fraction of sp³-hybridized carbons (Fsp3) is 0.364. The number of carbonyl (C=O) groups is 2. The summed E-state index contributed by atoms with van der Waals surface area (Å²) in [4.78, 5) is 27.1. The average Bonchev–Trinajstić information content (AvgIpc) is 2.73. The van der Waals surface area contributed by atoms with Crippen LogP contribution in [0.1, 0.15) is 25.8 Å². The Morgan fingerprint density at radius 3 is 2.38 bits per heavy atom. The first-order valence-corrected chi connectivity index (χ1v) is 12.3. The number of benzene rings is 2. The third-order valence-electron chi connectivity index (χ3n) is 4.76. The molecule has 2 amide bonds. The second kappa shape index (κ2) is 11.3. The van der Waals surface area contributed by atoms with Gasteiger partial charge in [0, 0.05) is 18.1 Å². The molecule has 1 unspecified atom stereocenters. The van der Waals surface area contributed by atoms with Crippen LogP contribution < -0.4 is 9.62 Å². The summed E-state index contributed by atoms with van der Waals surface area (Å²) in [6, 6.07) is 10.8. The molecule has 0 spiro atoms. The number of anilines is 1. The zero-order valence-electron chi connectivity index (χ0n) is 18.2. The van der Waals surface area contributed by atoms with Crippen molar-refractivity contribution in [1.82, 2.24) is 10.2 Å². The minimum Gasteiger partial charge on any atom is -0.354 e. The van der Waals surface area contributed by atoms with Crippen molar-refractivity contribution >= 4 is 39.1 Å². The van der Waals surface area contributed by atoms with E-state index in [0.717, 1.165) is 17.0 Å². The minimum atomic E-state index is -3.82.